The second kappa shape index (κ2) is 6.48. The standard InChI is InChI=1S/C15H17ClN4O2/c1-10-14(17-6-8-22-10)15(21)19-11-3-4-13(12(16)9-11)20-7-2-5-18-20/h2-5,7,9-10,14,17H,6,8H2,1H3,(H,19,21)/t10-,14+/m1/s1. The van der Waals surface area contributed by atoms with Crippen LogP contribution in [-0.2, 0) is 9.53 Å². The molecule has 0 unspecified atom stereocenters. The summed E-state index contributed by atoms with van der Waals surface area (Å²) in [7, 11) is 0. The number of anilines is 1. The van der Waals surface area contributed by atoms with E-state index in [1.807, 2.05) is 25.3 Å². The summed E-state index contributed by atoms with van der Waals surface area (Å²) < 4.78 is 7.15. The van der Waals surface area contributed by atoms with Crippen LogP contribution in [-0.4, -0.2) is 41.0 Å². The number of morpholine rings is 1. The topological polar surface area (TPSA) is 68.2 Å². The molecule has 0 saturated carbocycles. The van der Waals surface area contributed by atoms with E-state index in [1.165, 1.54) is 0 Å². The highest BCUT2D eigenvalue weighted by atomic mass is 35.5. The molecule has 3 rings (SSSR count). The molecule has 1 amide bonds. The third-order valence-electron chi connectivity index (χ3n) is 3.57. The van der Waals surface area contributed by atoms with Crippen molar-refractivity contribution < 1.29 is 9.53 Å². The second-order valence-electron chi connectivity index (χ2n) is 5.11. The smallest absolute Gasteiger partial charge is 0.244 e. The van der Waals surface area contributed by atoms with Crippen LogP contribution in [0.25, 0.3) is 5.69 Å². The maximum atomic E-state index is 12.3. The van der Waals surface area contributed by atoms with Crippen LogP contribution in [0.15, 0.2) is 36.7 Å². The van der Waals surface area contributed by atoms with Gasteiger partial charge in [-0.2, -0.15) is 5.10 Å². The van der Waals surface area contributed by atoms with Crippen molar-refractivity contribution in [3.63, 3.8) is 0 Å². The predicted molar refractivity (Wildman–Crippen MR) is 84.4 cm³/mol. The maximum absolute atomic E-state index is 12.3. The monoisotopic (exact) mass is 320 g/mol. The number of amides is 1. The number of nitrogens with one attached hydrogen (secondary N) is 2. The number of benzene rings is 1. The Kier molecular flexibility index (Phi) is 4.42. The van der Waals surface area contributed by atoms with E-state index < -0.39 is 0 Å². The molecule has 22 heavy (non-hydrogen) atoms. The highest BCUT2D eigenvalue weighted by molar-refractivity contribution is 6.32. The molecule has 0 aliphatic carbocycles. The van der Waals surface area contributed by atoms with E-state index in [-0.39, 0.29) is 18.1 Å². The molecule has 2 heterocycles. The van der Waals surface area contributed by atoms with Crippen molar-refractivity contribution in [2.45, 2.75) is 19.1 Å². The van der Waals surface area contributed by atoms with Crippen LogP contribution in [0, 0.1) is 0 Å². The number of rotatable bonds is 3. The molecule has 6 nitrogen and oxygen atoms in total. The molecule has 1 aromatic heterocycles. The summed E-state index contributed by atoms with van der Waals surface area (Å²) in [4.78, 5) is 12.3. The van der Waals surface area contributed by atoms with E-state index in [9.17, 15) is 4.79 Å². The van der Waals surface area contributed by atoms with E-state index in [0.717, 1.165) is 5.69 Å². The average Bonchev–Trinajstić information content (AvgIpc) is 3.01. The van der Waals surface area contributed by atoms with E-state index in [1.54, 1.807) is 23.0 Å². The van der Waals surface area contributed by atoms with Crippen molar-refractivity contribution in [1.29, 1.82) is 0 Å². The van der Waals surface area contributed by atoms with Gasteiger partial charge < -0.3 is 15.4 Å². The maximum Gasteiger partial charge on any atom is 0.244 e. The second-order valence-corrected chi connectivity index (χ2v) is 5.52. The van der Waals surface area contributed by atoms with Gasteiger partial charge in [0.05, 0.1) is 23.4 Å². The highest BCUT2D eigenvalue weighted by Crippen LogP contribution is 2.24. The third-order valence-corrected chi connectivity index (χ3v) is 3.87. The molecule has 1 aliphatic rings. The van der Waals surface area contributed by atoms with Gasteiger partial charge in [0.15, 0.2) is 0 Å². The van der Waals surface area contributed by atoms with E-state index in [0.29, 0.717) is 23.9 Å². The molecule has 0 radical (unpaired) electrons. The van der Waals surface area contributed by atoms with Gasteiger partial charge in [0.1, 0.15) is 6.04 Å². The van der Waals surface area contributed by atoms with Gasteiger partial charge in [0.2, 0.25) is 5.91 Å². The largest absolute Gasteiger partial charge is 0.375 e. The van der Waals surface area contributed by atoms with Gasteiger partial charge >= 0.3 is 0 Å². The summed E-state index contributed by atoms with van der Waals surface area (Å²) in [6.45, 7) is 3.17. The molecule has 1 saturated heterocycles. The Hall–Kier alpha value is -1.89. The van der Waals surface area contributed by atoms with Crippen LogP contribution in [0.5, 0.6) is 0 Å². The van der Waals surface area contributed by atoms with Crippen molar-refractivity contribution in [2.75, 3.05) is 18.5 Å². The van der Waals surface area contributed by atoms with Crippen molar-refractivity contribution >= 4 is 23.2 Å². The zero-order valence-corrected chi connectivity index (χ0v) is 12.9. The summed E-state index contributed by atoms with van der Waals surface area (Å²) in [5.74, 6) is -0.130. The molecule has 7 heteroatoms. The Morgan fingerprint density at radius 3 is 3.09 bits per heavy atom. The minimum Gasteiger partial charge on any atom is -0.375 e. The minimum absolute atomic E-state index is 0.130. The average molecular weight is 321 g/mol. The number of carbonyl (C=O) groups excluding carboxylic acids is 1. The van der Waals surface area contributed by atoms with Gasteiger partial charge in [-0.3, -0.25) is 4.79 Å². The van der Waals surface area contributed by atoms with Crippen LogP contribution in [0.2, 0.25) is 5.02 Å². The Labute approximate surface area is 133 Å². The number of aromatic nitrogens is 2. The van der Waals surface area contributed by atoms with Crippen LogP contribution >= 0.6 is 11.6 Å². The zero-order chi connectivity index (χ0) is 15.5. The lowest BCUT2D eigenvalue weighted by atomic mass is 10.1. The molecule has 0 bridgehead atoms. The molecule has 2 atom stereocenters. The summed E-state index contributed by atoms with van der Waals surface area (Å²) in [5.41, 5.74) is 1.41. The lowest BCUT2D eigenvalue weighted by Gasteiger charge is -2.29. The minimum atomic E-state index is -0.363. The number of nitrogens with zero attached hydrogens (tertiary/aromatic N) is 2. The first-order valence-corrected chi connectivity index (χ1v) is 7.48. The fraction of sp³-hybridized carbons (Fsp3) is 0.333. The molecule has 1 aliphatic heterocycles. The fourth-order valence-corrected chi connectivity index (χ4v) is 2.70. The van der Waals surface area contributed by atoms with Crippen LogP contribution in [0.4, 0.5) is 5.69 Å². The summed E-state index contributed by atoms with van der Waals surface area (Å²) in [6.07, 6.45) is 3.33. The number of halogens is 1. The number of ether oxygens (including phenoxy) is 1. The van der Waals surface area contributed by atoms with Crippen LogP contribution in [0.3, 0.4) is 0 Å². The quantitative estimate of drug-likeness (QED) is 0.905. The number of hydrogen-bond donors (Lipinski definition) is 2. The molecule has 1 fully saturated rings. The summed E-state index contributed by atoms with van der Waals surface area (Å²) in [5, 5.41) is 10.7. The van der Waals surface area contributed by atoms with Crippen molar-refractivity contribution in [3.05, 3.63) is 41.7 Å². The van der Waals surface area contributed by atoms with Crippen molar-refractivity contribution in [2.24, 2.45) is 0 Å². The Balaban J connectivity index is 1.73. The van der Waals surface area contributed by atoms with Gasteiger partial charge in [-0.15, -0.1) is 0 Å². The van der Waals surface area contributed by atoms with Crippen molar-refractivity contribution in [1.82, 2.24) is 15.1 Å². The lowest BCUT2D eigenvalue weighted by molar-refractivity contribution is -0.123. The Bertz CT molecular complexity index is 660. The lowest BCUT2D eigenvalue weighted by Crippen LogP contribution is -2.53. The van der Waals surface area contributed by atoms with E-state index >= 15 is 0 Å². The van der Waals surface area contributed by atoms with Crippen LogP contribution < -0.4 is 10.6 Å². The highest BCUT2D eigenvalue weighted by Gasteiger charge is 2.28. The Morgan fingerprint density at radius 2 is 2.41 bits per heavy atom. The molecule has 1 aromatic carbocycles. The SMILES string of the molecule is C[C@H]1OCCN[C@@H]1C(=O)Nc1ccc(-n2cccn2)c(Cl)c1. The molecule has 116 valence electrons. The van der Waals surface area contributed by atoms with Crippen LogP contribution in [0.1, 0.15) is 6.92 Å². The fourth-order valence-electron chi connectivity index (χ4n) is 2.43. The first-order valence-electron chi connectivity index (χ1n) is 7.10. The third kappa shape index (κ3) is 3.14. The number of hydrogen-bond acceptors (Lipinski definition) is 4. The summed E-state index contributed by atoms with van der Waals surface area (Å²) in [6, 6.07) is 6.79. The van der Waals surface area contributed by atoms with Gasteiger partial charge in [-0.1, -0.05) is 11.6 Å². The molecule has 2 aromatic rings. The normalized spacial score (nSPS) is 21.5. The molecule has 0 spiro atoms. The van der Waals surface area contributed by atoms with Gasteiger partial charge in [-0.05, 0) is 31.2 Å². The van der Waals surface area contributed by atoms with Gasteiger partial charge in [-0.25, -0.2) is 4.68 Å². The van der Waals surface area contributed by atoms with Gasteiger partial charge in [0, 0.05) is 24.6 Å². The predicted octanol–water partition coefficient (Wildman–Crippen LogP) is 1.84. The first kappa shape index (κ1) is 15.0. The molecular formula is C15H17ClN4O2. The first-order chi connectivity index (χ1) is 10.6. The van der Waals surface area contributed by atoms with Gasteiger partial charge in [0.25, 0.3) is 0 Å². The van der Waals surface area contributed by atoms with Crippen molar-refractivity contribution in [3.8, 4) is 5.69 Å². The number of carbonyl (C=O) groups is 1. The molecule has 2 N–H and O–H groups in total. The Morgan fingerprint density at radius 1 is 1.55 bits per heavy atom. The summed E-state index contributed by atoms with van der Waals surface area (Å²) >= 11 is 6.27. The molecular weight excluding hydrogens is 304 g/mol. The van der Waals surface area contributed by atoms with E-state index in [2.05, 4.69) is 15.7 Å². The van der Waals surface area contributed by atoms with E-state index in [4.69, 9.17) is 16.3 Å². The zero-order valence-electron chi connectivity index (χ0n) is 12.1.